The first-order valence-corrected chi connectivity index (χ1v) is 7.34. The van der Waals surface area contributed by atoms with Gasteiger partial charge in [0.15, 0.2) is 0 Å². The highest BCUT2D eigenvalue weighted by Crippen LogP contribution is 2.23. The van der Waals surface area contributed by atoms with Gasteiger partial charge in [-0.25, -0.2) is 0 Å². The summed E-state index contributed by atoms with van der Waals surface area (Å²) in [6, 6.07) is 0. The number of oxime groups is 1. The van der Waals surface area contributed by atoms with E-state index in [0.717, 1.165) is 37.9 Å². The Morgan fingerprint density at radius 3 is 2.50 bits per heavy atom. The van der Waals surface area contributed by atoms with E-state index in [1.165, 1.54) is 11.3 Å². The topological polar surface area (TPSA) is 76.4 Å². The van der Waals surface area contributed by atoms with Crippen LogP contribution in [-0.4, -0.2) is 20.8 Å². The Bertz CT molecular complexity index is 474. The number of aromatic nitrogens is 2. The lowest BCUT2D eigenvalue weighted by Crippen LogP contribution is -2.31. The van der Waals surface area contributed by atoms with E-state index in [1.54, 1.807) is 0 Å². The molecule has 0 aromatic carbocycles. The second-order valence-electron chi connectivity index (χ2n) is 6.05. The number of unbranched alkanes of at least 4 members (excludes halogenated alkanes) is 1. The number of rotatable bonds is 7. The van der Waals surface area contributed by atoms with Crippen molar-refractivity contribution in [2.45, 2.75) is 66.8 Å². The van der Waals surface area contributed by atoms with Crippen LogP contribution in [0.15, 0.2) is 5.16 Å². The quantitative estimate of drug-likeness (QED) is 0.265. The molecule has 0 saturated carbocycles. The number of aryl methyl sites for hydroxylation is 2. The summed E-state index contributed by atoms with van der Waals surface area (Å²) in [5, 5.41) is 16.5. The van der Waals surface area contributed by atoms with Crippen molar-refractivity contribution in [1.82, 2.24) is 9.78 Å². The molecule has 0 amide bonds. The zero-order valence-corrected chi connectivity index (χ0v) is 13.4. The molecule has 3 N–H and O–H groups in total. The standard InChI is InChI=1S/C15H28N4O/c1-6-13-11(2)17-19(12(13)3)10-8-7-9-15(4,5)14(16)18-20/h20H,6-10H2,1-5H3,(H2,16,18). The minimum absolute atomic E-state index is 0.252. The number of nitrogens with two attached hydrogens (primary N) is 1. The molecule has 0 aliphatic carbocycles. The monoisotopic (exact) mass is 280 g/mol. The smallest absolute Gasteiger partial charge is 0.144 e. The van der Waals surface area contributed by atoms with Crippen molar-refractivity contribution < 1.29 is 5.21 Å². The number of hydrogen-bond donors (Lipinski definition) is 2. The fourth-order valence-corrected chi connectivity index (χ4v) is 2.56. The molecule has 5 heteroatoms. The van der Waals surface area contributed by atoms with Crippen LogP contribution < -0.4 is 5.73 Å². The van der Waals surface area contributed by atoms with Gasteiger partial charge in [-0.05, 0) is 38.7 Å². The summed E-state index contributed by atoms with van der Waals surface area (Å²) in [6.45, 7) is 11.3. The van der Waals surface area contributed by atoms with Gasteiger partial charge in [-0.3, -0.25) is 4.68 Å². The average molecular weight is 280 g/mol. The summed E-state index contributed by atoms with van der Waals surface area (Å²) in [4.78, 5) is 0. The Hall–Kier alpha value is -1.52. The number of amidine groups is 1. The van der Waals surface area contributed by atoms with Gasteiger partial charge in [0.05, 0.1) is 5.69 Å². The van der Waals surface area contributed by atoms with Crippen LogP contribution >= 0.6 is 0 Å². The first-order valence-electron chi connectivity index (χ1n) is 7.34. The largest absolute Gasteiger partial charge is 0.409 e. The molecule has 1 heterocycles. The minimum Gasteiger partial charge on any atom is -0.409 e. The number of hydrogen-bond acceptors (Lipinski definition) is 3. The van der Waals surface area contributed by atoms with Crippen LogP contribution in [0.3, 0.4) is 0 Å². The van der Waals surface area contributed by atoms with Crippen LogP contribution in [0.5, 0.6) is 0 Å². The Morgan fingerprint density at radius 2 is 2.00 bits per heavy atom. The van der Waals surface area contributed by atoms with Crippen molar-refractivity contribution >= 4 is 5.84 Å². The van der Waals surface area contributed by atoms with Crippen LogP contribution in [0.1, 0.15) is 57.0 Å². The Labute approximate surface area is 121 Å². The highest BCUT2D eigenvalue weighted by atomic mass is 16.4. The molecule has 114 valence electrons. The molecule has 0 aliphatic rings. The van der Waals surface area contributed by atoms with E-state index in [1.807, 2.05) is 13.8 Å². The molecular formula is C15H28N4O. The Balaban J connectivity index is 2.50. The molecule has 0 aliphatic heterocycles. The van der Waals surface area contributed by atoms with Gasteiger partial charge < -0.3 is 10.9 Å². The van der Waals surface area contributed by atoms with Gasteiger partial charge in [0.2, 0.25) is 0 Å². The summed E-state index contributed by atoms with van der Waals surface area (Å²) < 4.78 is 2.10. The molecule has 0 atom stereocenters. The van der Waals surface area contributed by atoms with Gasteiger partial charge in [0.25, 0.3) is 0 Å². The van der Waals surface area contributed by atoms with Crippen molar-refractivity contribution in [3.05, 3.63) is 17.0 Å². The van der Waals surface area contributed by atoms with Gasteiger partial charge in [-0.1, -0.05) is 32.3 Å². The summed E-state index contributed by atoms with van der Waals surface area (Å²) in [7, 11) is 0. The average Bonchev–Trinajstić information content (AvgIpc) is 2.68. The second-order valence-corrected chi connectivity index (χ2v) is 6.05. The van der Waals surface area contributed by atoms with Crippen molar-refractivity contribution in [1.29, 1.82) is 0 Å². The van der Waals surface area contributed by atoms with E-state index >= 15 is 0 Å². The van der Waals surface area contributed by atoms with E-state index < -0.39 is 0 Å². The van der Waals surface area contributed by atoms with Crippen molar-refractivity contribution in [3.8, 4) is 0 Å². The van der Waals surface area contributed by atoms with Gasteiger partial charge in [0, 0.05) is 17.7 Å². The lowest BCUT2D eigenvalue weighted by atomic mass is 9.86. The minimum atomic E-state index is -0.252. The fourth-order valence-electron chi connectivity index (χ4n) is 2.56. The van der Waals surface area contributed by atoms with Crippen LogP contribution in [0, 0.1) is 19.3 Å². The molecule has 1 aromatic heterocycles. The SMILES string of the molecule is CCc1c(C)nn(CCCCC(C)(C)C(N)=NO)c1C. The Morgan fingerprint density at radius 1 is 1.35 bits per heavy atom. The molecule has 0 unspecified atom stereocenters. The predicted octanol–water partition coefficient (Wildman–Crippen LogP) is 3.01. The molecule has 1 aromatic rings. The van der Waals surface area contributed by atoms with Gasteiger partial charge in [0.1, 0.15) is 5.84 Å². The summed E-state index contributed by atoms with van der Waals surface area (Å²) in [6.07, 6.45) is 4.02. The highest BCUT2D eigenvalue weighted by molar-refractivity contribution is 5.85. The summed E-state index contributed by atoms with van der Waals surface area (Å²) >= 11 is 0. The lowest BCUT2D eigenvalue weighted by Gasteiger charge is -2.22. The maximum absolute atomic E-state index is 8.75. The second kappa shape index (κ2) is 6.77. The lowest BCUT2D eigenvalue weighted by molar-refractivity contribution is 0.303. The number of nitrogens with zero attached hydrogens (tertiary/aromatic N) is 3. The fraction of sp³-hybridized carbons (Fsp3) is 0.733. The normalized spacial score (nSPS) is 12.9. The van der Waals surface area contributed by atoms with Crippen LogP contribution in [0.4, 0.5) is 0 Å². The van der Waals surface area contributed by atoms with E-state index in [0.29, 0.717) is 5.84 Å². The molecule has 0 fully saturated rings. The molecule has 0 radical (unpaired) electrons. The molecule has 1 rings (SSSR count). The third-order valence-corrected chi connectivity index (χ3v) is 4.11. The van der Waals surface area contributed by atoms with Gasteiger partial charge >= 0.3 is 0 Å². The molecular weight excluding hydrogens is 252 g/mol. The van der Waals surface area contributed by atoms with E-state index in [4.69, 9.17) is 10.9 Å². The van der Waals surface area contributed by atoms with Crippen molar-refractivity contribution in [3.63, 3.8) is 0 Å². The first-order chi connectivity index (χ1) is 9.33. The zero-order chi connectivity index (χ0) is 15.3. The van der Waals surface area contributed by atoms with Gasteiger partial charge in [-0.15, -0.1) is 0 Å². The molecule has 20 heavy (non-hydrogen) atoms. The summed E-state index contributed by atoms with van der Waals surface area (Å²) in [5.74, 6) is 0.303. The zero-order valence-electron chi connectivity index (χ0n) is 13.4. The predicted molar refractivity (Wildman–Crippen MR) is 82.1 cm³/mol. The first kappa shape index (κ1) is 16.5. The van der Waals surface area contributed by atoms with E-state index in [2.05, 4.69) is 35.7 Å². The van der Waals surface area contributed by atoms with E-state index in [-0.39, 0.29) is 5.41 Å². The third kappa shape index (κ3) is 3.74. The third-order valence-electron chi connectivity index (χ3n) is 4.11. The van der Waals surface area contributed by atoms with Crippen LogP contribution in [0.25, 0.3) is 0 Å². The Kier molecular flexibility index (Phi) is 5.60. The van der Waals surface area contributed by atoms with E-state index in [9.17, 15) is 0 Å². The molecule has 5 nitrogen and oxygen atoms in total. The van der Waals surface area contributed by atoms with Crippen molar-refractivity contribution in [2.75, 3.05) is 0 Å². The maximum atomic E-state index is 8.75. The maximum Gasteiger partial charge on any atom is 0.144 e. The summed E-state index contributed by atoms with van der Waals surface area (Å²) in [5.41, 5.74) is 9.22. The van der Waals surface area contributed by atoms with Crippen LogP contribution in [-0.2, 0) is 13.0 Å². The van der Waals surface area contributed by atoms with Gasteiger partial charge in [-0.2, -0.15) is 5.10 Å². The highest BCUT2D eigenvalue weighted by Gasteiger charge is 2.22. The molecule has 0 saturated heterocycles. The molecule has 0 bridgehead atoms. The van der Waals surface area contributed by atoms with Crippen molar-refractivity contribution in [2.24, 2.45) is 16.3 Å². The molecule has 0 spiro atoms. The van der Waals surface area contributed by atoms with Crippen LogP contribution in [0.2, 0.25) is 0 Å².